The first kappa shape index (κ1) is 31.2. The van der Waals surface area contributed by atoms with Crippen molar-refractivity contribution in [2.75, 3.05) is 0 Å². The van der Waals surface area contributed by atoms with Gasteiger partial charge in [0.05, 0.1) is 0 Å². The largest absolute Gasteiger partial charge is 0.475 e. The fraction of sp³-hybridized carbons (Fsp3) is 0.773. The summed E-state index contributed by atoms with van der Waals surface area (Å²) in [4.78, 5) is 60.5. The van der Waals surface area contributed by atoms with Crippen molar-refractivity contribution in [3.05, 3.63) is 0 Å². The molecule has 196 valence electrons. The molecule has 0 aliphatic heterocycles. The molecule has 4 N–H and O–H groups in total. The van der Waals surface area contributed by atoms with Crippen molar-refractivity contribution in [1.82, 2.24) is 16.0 Å². The number of nitrogens with one attached hydrogen (secondary N) is 3. The minimum atomic E-state index is -3.04. The fourth-order valence-corrected chi connectivity index (χ4v) is 2.93. The van der Waals surface area contributed by atoms with Crippen LogP contribution >= 0.6 is 0 Å². The van der Waals surface area contributed by atoms with E-state index in [0.717, 1.165) is 6.42 Å². The first-order valence-corrected chi connectivity index (χ1v) is 11.2. The van der Waals surface area contributed by atoms with E-state index < -0.39 is 66.2 Å². The zero-order chi connectivity index (χ0) is 26.6. The molecule has 12 heteroatoms. The van der Waals surface area contributed by atoms with Crippen LogP contribution in [0.15, 0.2) is 0 Å². The maximum atomic E-state index is 12.9. The van der Waals surface area contributed by atoms with E-state index in [1.807, 2.05) is 12.2 Å². The van der Waals surface area contributed by atoms with Crippen LogP contribution in [0.4, 0.5) is 13.6 Å². The second kappa shape index (κ2) is 14.5. The molecule has 0 heterocycles. The fourth-order valence-electron chi connectivity index (χ4n) is 2.93. The van der Waals surface area contributed by atoms with Crippen LogP contribution in [0.5, 0.6) is 0 Å². The van der Waals surface area contributed by atoms with Crippen LogP contribution in [0, 0.1) is 5.92 Å². The van der Waals surface area contributed by atoms with Gasteiger partial charge < -0.3 is 25.8 Å². The first-order valence-electron chi connectivity index (χ1n) is 11.2. The highest BCUT2D eigenvalue weighted by molar-refractivity contribution is 6.35. The predicted molar refractivity (Wildman–Crippen MR) is 119 cm³/mol. The van der Waals surface area contributed by atoms with E-state index in [2.05, 4.69) is 10.6 Å². The van der Waals surface area contributed by atoms with Gasteiger partial charge in [0.1, 0.15) is 23.7 Å². The summed E-state index contributed by atoms with van der Waals surface area (Å²) in [7, 11) is 0. The lowest BCUT2D eigenvalue weighted by Gasteiger charge is -2.26. The van der Waals surface area contributed by atoms with Crippen molar-refractivity contribution in [1.29, 1.82) is 0 Å². The SMILES string of the molecule is CCCC[C@H](NC(=O)OC(C)(C)C)C(=O)N[C@@H](CC(C)C)C(=O)NC(CC(F)F)C(=O)C(=O)O. The van der Waals surface area contributed by atoms with Crippen molar-refractivity contribution >= 4 is 29.7 Å². The average molecular weight is 494 g/mol. The smallest absolute Gasteiger partial charge is 0.408 e. The number of amides is 3. The van der Waals surface area contributed by atoms with E-state index in [9.17, 15) is 32.8 Å². The van der Waals surface area contributed by atoms with Gasteiger partial charge in [0.15, 0.2) is 0 Å². The van der Waals surface area contributed by atoms with Gasteiger partial charge in [-0.3, -0.25) is 14.4 Å². The zero-order valence-electron chi connectivity index (χ0n) is 20.6. The summed E-state index contributed by atoms with van der Waals surface area (Å²) in [5.41, 5.74) is -0.799. The molecule has 0 aliphatic rings. The molecule has 0 saturated carbocycles. The summed E-state index contributed by atoms with van der Waals surface area (Å²) in [5, 5.41) is 15.8. The molecule has 0 spiro atoms. The molecular weight excluding hydrogens is 456 g/mol. The minimum Gasteiger partial charge on any atom is -0.475 e. The third kappa shape index (κ3) is 13.0. The number of carboxylic acids is 1. The summed E-state index contributed by atoms with van der Waals surface area (Å²) < 4.78 is 30.8. The Morgan fingerprint density at radius 2 is 1.41 bits per heavy atom. The molecule has 3 amide bonds. The molecule has 0 saturated heterocycles. The number of hydrogen-bond acceptors (Lipinski definition) is 6. The summed E-state index contributed by atoms with van der Waals surface area (Å²) >= 11 is 0. The number of ketones is 1. The Morgan fingerprint density at radius 1 is 0.882 bits per heavy atom. The number of alkyl carbamates (subject to hydrolysis) is 1. The number of alkyl halides is 2. The van der Waals surface area contributed by atoms with E-state index in [4.69, 9.17) is 9.84 Å². The molecule has 34 heavy (non-hydrogen) atoms. The molecule has 0 bridgehead atoms. The van der Waals surface area contributed by atoms with Crippen LogP contribution in [-0.2, 0) is 23.9 Å². The van der Waals surface area contributed by atoms with Crippen LogP contribution in [0.25, 0.3) is 0 Å². The Bertz CT molecular complexity index is 724. The van der Waals surface area contributed by atoms with Crippen LogP contribution in [-0.4, -0.2) is 64.9 Å². The van der Waals surface area contributed by atoms with Crippen LogP contribution in [0.1, 0.15) is 73.6 Å². The Kier molecular flexibility index (Phi) is 13.3. The second-order valence-electron chi connectivity index (χ2n) is 9.39. The lowest BCUT2D eigenvalue weighted by molar-refractivity contribution is -0.151. The third-order valence-corrected chi connectivity index (χ3v) is 4.45. The number of ether oxygens (including phenoxy) is 1. The lowest BCUT2D eigenvalue weighted by atomic mass is 10.0. The van der Waals surface area contributed by atoms with Crippen molar-refractivity contribution < 1.29 is 42.6 Å². The number of aliphatic carboxylic acids is 1. The van der Waals surface area contributed by atoms with Gasteiger partial charge in [-0.15, -0.1) is 0 Å². The molecule has 10 nitrogen and oxygen atoms in total. The van der Waals surface area contributed by atoms with Gasteiger partial charge in [-0.05, 0) is 39.5 Å². The van der Waals surface area contributed by atoms with Crippen molar-refractivity contribution in [3.63, 3.8) is 0 Å². The molecule has 0 radical (unpaired) electrons. The quantitative estimate of drug-likeness (QED) is 0.271. The Hall–Kier alpha value is -2.79. The Balaban J connectivity index is 5.59. The number of unbranched alkanes of at least 4 members (excludes halogenated alkanes) is 1. The average Bonchev–Trinajstić information content (AvgIpc) is 2.67. The van der Waals surface area contributed by atoms with Crippen LogP contribution in [0.3, 0.4) is 0 Å². The summed E-state index contributed by atoms with van der Waals surface area (Å²) in [6.45, 7) is 10.4. The molecular formula is C22H37F2N3O7. The second-order valence-corrected chi connectivity index (χ2v) is 9.39. The van der Waals surface area contributed by atoms with Crippen molar-refractivity contribution in [2.45, 2.75) is 104 Å². The predicted octanol–water partition coefficient (Wildman–Crippen LogP) is 2.39. The van der Waals surface area contributed by atoms with E-state index in [0.29, 0.717) is 6.42 Å². The van der Waals surface area contributed by atoms with Gasteiger partial charge in [-0.2, -0.15) is 0 Å². The van der Waals surface area contributed by atoms with Crippen molar-refractivity contribution in [3.8, 4) is 0 Å². The van der Waals surface area contributed by atoms with Crippen LogP contribution in [0.2, 0.25) is 0 Å². The van der Waals surface area contributed by atoms with Crippen molar-refractivity contribution in [2.24, 2.45) is 5.92 Å². The lowest BCUT2D eigenvalue weighted by Crippen LogP contribution is -2.57. The van der Waals surface area contributed by atoms with Gasteiger partial charge in [-0.25, -0.2) is 18.4 Å². The molecule has 1 unspecified atom stereocenters. The monoisotopic (exact) mass is 493 g/mol. The summed E-state index contributed by atoms with van der Waals surface area (Å²) in [6.07, 6.45) is -3.41. The molecule has 0 aliphatic carbocycles. The van der Waals surface area contributed by atoms with E-state index in [1.54, 1.807) is 34.6 Å². The molecule has 3 atom stereocenters. The number of halogens is 2. The maximum absolute atomic E-state index is 12.9. The number of Topliss-reactive ketones (excluding diaryl/α,β-unsaturated/α-hetero) is 1. The minimum absolute atomic E-state index is 0.0766. The normalized spacial score (nSPS) is 14.2. The molecule has 0 aromatic carbocycles. The molecule has 0 fully saturated rings. The standard InChI is InChI=1S/C22H37F2N3O7/c1-7-8-9-13(27-21(33)34-22(4,5)6)18(29)26-15(10-12(2)3)19(30)25-14(11-16(23)24)17(28)20(31)32/h12-16H,7-11H2,1-6H3,(H,25,30)(H,26,29)(H,27,33)(H,31,32)/t13-,14?,15-/m0/s1. The number of carbonyl (C=O) groups is 5. The van der Waals surface area contributed by atoms with Crippen LogP contribution < -0.4 is 16.0 Å². The van der Waals surface area contributed by atoms with Gasteiger partial charge in [0.25, 0.3) is 5.78 Å². The van der Waals surface area contributed by atoms with E-state index in [1.165, 1.54) is 0 Å². The van der Waals surface area contributed by atoms with Gasteiger partial charge in [-0.1, -0.05) is 33.6 Å². The van der Waals surface area contributed by atoms with Gasteiger partial charge >= 0.3 is 12.1 Å². The third-order valence-electron chi connectivity index (χ3n) is 4.45. The van der Waals surface area contributed by atoms with E-state index >= 15 is 0 Å². The Labute approximate surface area is 198 Å². The first-order chi connectivity index (χ1) is 15.6. The topological polar surface area (TPSA) is 151 Å². The Morgan fingerprint density at radius 3 is 1.85 bits per heavy atom. The number of carboxylic acid groups (broad SMARTS) is 1. The van der Waals surface area contributed by atoms with E-state index in [-0.39, 0.29) is 18.8 Å². The highest BCUT2D eigenvalue weighted by Crippen LogP contribution is 2.12. The number of hydrogen-bond donors (Lipinski definition) is 4. The van der Waals surface area contributed by atoms with Gasteiger partial charge in [0.2, 0.25) is 18.2 Å². The highest BCUT2D eigenvalue weighted by Gasteiger charge is 2.33. The maximum Gasteiger partial charge on any atom is 0.408 e. The number of carbonyl (C=O) groups excluding carboxylic acids is 4. The molecule has 0 aromatic heterocycles. The van der Waals surface area contributed by atoms with Gasteiger partial charge in [0, 0.05) is 6.42 Å². The highest BCUT2D eigenvalue weighted by atomic mass is 19.3. The summed E-state index contributed by atoms with van der Waals surface area (Å²) in [6, 6.07) is -4.24. The summed E-state index contributed by atoms with van der Waals surface area (Å²) in [5.74, 6) is -5.36. The molecule has 0 aromatic rings. The molecule has 0 rings (SSSR count). The zero-order valence-corrected chi connectivity index (χ0v) is 20.6. The number of rotatable bonds is 14.